The van der Waals surface area contributed by atoms with Crippen LogP contribution in [-0.4, -0.2) is 57.7 Å². The molecular weight excluding hydrogens is 334 g/mol. The van der Waals surface area contributed by atoms with Crippen molar-refractivity contribution in [2.75, 3.05) is 26.3 Å². The minimum Gasteiger partial charge on any atom is -0.481 e. The highest BCUT2D eigenvalue weighted by Gasteiger charge is 2.57. The summed E-state index contributed by atoms with van der Waals surface area (Å²) in [6, 6.07) is 7.93. The van der Waals surface area contributed by atoms with Crippen molar-refractivity contribution in [2.45, 2.75) is 26.3 Å². The van der Waals surface area contributed by atoms with Crippen LogP contribution >= 0.6 is 0 Å². The molecule has 0 spiro atoms. The van der Waals surface area contributed by atoms with E-state index >= 15 is 0 Å². The number of rotatable bonds is 5. The van der Waals surface area contributed by atoms with Crippen LogP contribution in [0.25, 0.3) is 11.0 Å². The third kappa shape index (κ3) is 2.58. The van der Waals surface area contributed by atoms with Crippen molar-refractivity contribution in [3.63, 3.8) is 0 Å². The summed E-state index contributed by atoms with van der Waals surface area (Å²) in [4.78, 5) is 30.8. The summed E-state index contributed by atoms with van der Waals surface area (Å²) >= 11 is 0. The second-order valence-corrected chi connectivity index (χ2v) is 7.22. The lowest BCUT2D eigenvalue weighted by molar-refractivity contribution is -0.149. The molecule has 2 aliphatic rings. The Kier molecular flexibility index (Phi) is 4.19. The average molecular weight is 357 g/mol. The summed E-state index contributed by atoms with van der Waals surface area (Å²) in [7, 11) is 0. The summed E-state index contributed by atoms with van der Waals surface area (Å²) in [6.07, 6.45) is 1.14. The van der Waals surface area contributed by atoms with E-state index in [-0.39, 0.29) is 25.0 Å². The maximum atomic E-state index is 12.7. The van der Waals surface area contributed by atoms with Crippen molar-refractivity contribution < 1.29 is 19.4 Å². The number of amides is 1. The number of nitrogens with zero attached hydrogens (tertiary/aromatic N) is 3. The van der Waals surface area contributed by atoms with Gasteiger partial charge < -0.3 is 19.3 Å². The van der Waals surface area contributed by atoms with Crippen LogP contribution in [0.2, 0.25) is 0 Å². The van der Waals surface area contributed by atoms with Crippen LogP contribution in [0.5, 0.6) is 0 Å². The third-order valence-electron chi connectivity index (χ3n) is 5.75. The first-order valence-corrected chi connectivity index (χ1v) is 9.08. The standard InChI is InChI=1S/C19H23N3O4/c1-2-16-20-14-5-3-4-6-15(14)22(16)8-7-17(23)21-9-13-10-26-12-19(13,11-21)18(24)25/h3-6,13H,2,7-12H2,1H3,(H,24,25)/t13-,19-/m1/s1. The number of carboxylic acid groups (broad SMARTS) is 1. The zero-order valence-electron chi connectivity index (χ0n) is 14.9. The molecule has 138 valence electrons. The molecule has 1 aromatic carbocycles. The Morgan fingerprint density at radius 2 is 2.19 bits per heavy atom. The van der Waals surface area contributed by atoms with E-state index in [1.165, 1.54) is 0 Å². The Morgan fingerprint density at radius 1 is 1.38 bits per heavy atom. The topological polar surface area (TPSA) is 84.7 Å². The van der Waals surface area contributed by atoms with Gasteiger partial charge in [-0.25, -0.2) is 4.98 Å². The van der Waals surface area contributed by atoms with Gasteiger partial charge in [0.25, 0.3) is 0 Å². The molecule has 2 atom stereocenters. The predicted octanol–water partition coefficient (Wildman–Crippen LogP) is 1.55. The lowest BCUT2D eigenvalue weighted by Crippen LogP contribution is -2.40. The predicted molar refractivity (Wildman–Crippen MR) is 94.7 cm³/mol. The number of carboxylic acids is 1. The second-order valence-electron chi connectivity index (χ2n) is 7.22. The van der Waals surface area contributed by atoms with Crippen molar-refractivity contribution >= 4 is 22.9 Å². The number of imidazole rings is 1. The molecule has 3 heterocycles. The van der Waals surface area contributed by atoms with E-state index in [0.29, 0.717) is 26.1 Å². The first-order valence-electron chi connectivity index (χ1n) is 9.08. The number of hydrogen-bond acceptors (Lipinski definition) is 4. The van der Waals surface area contributed by atoms with Crippen LogP contribution in [0.4, 0.5) is 0 Å². The monoisotopic (exact) mass is 357 g/mol. The molecular formula is C19H23N3O4. The van der Waals surface area contributed by atoms with E-state index in [1.54, 1.807) is 4.90 Å². The van der Waals surface area contributed by atoms with Gasteiger partial charge in [-0.15, -0.1) is 0 Å². The molecule has 0 unspecified atom stereocenters. The van der Waals surface area contributed by atoms with Crippen molar-refractivity contribution in [3.8, 4) is 0 Å². The van der Waals surface area contributed by atoms with Gasteiger partial charge >= 0.3 is 5.97 Å². The summed E-state index contributed by atoms with van der Waals surface area (Å²) in [5.74, 6) is 0.000887. The molecule has 1 amide bonds. The number of aliphatic carboxylic acids is 1. The SMILES string of the molecule is CCc1nc2ccccc2n1CCC(=O)N1C[C@@H]2COC[C@]2(C(=O)O)C1. The Balaban J connectivity index is 1.48. The highest BCUT2D eigenvalue weighted by molar-refractivity contribution is 5.82. The van der Waals surface area contributed by atoms with E-state index in [0.717, 1.165) is 23.3 Å². The van der Waals surface area contributed by atoms with Gasteiger partial charge in [0, 0.05) is 38.4 Å². The van der Waals surface area contributed by atoms with Crippen LogP contribution in [0.15, 0.2) is 24.3 Å². The van der Waals surface area contributed by atoms with Crippen LogP contribution in [0.1, 0.15) is 19.2 Å². The molecule has 0 radical (unpaired) electrons. The Hall–Kier alpha value is -2.41. The zero-order valence-corrected chi connectivity index (χ0v) is 14.9. The number of carbonyl (C=O) groups excluding carboxylic acids is 1. The van der Waals surface area contributed by atoms with Crippen LogP contribution in [0, 0.1) is 11.3 Å². The molecule has 2 aliphatic heterocycles. The molecule has 26 heavy (non-hydrogen) atoms. The number of ether oxygens (including phenoxy) is 1. The maximum absolute atomic E-state index is 12.7. The van der Waals surface area contributed by atoms with E-state index in [2.05, 4.69) is 16.5 Å². The molecule has 1 N–H and O–H groups in total. The largest absolute Gasteiger partial charge is 0.481 e. The number of aryl methyl sites for hydroxylation is 2. The zero-order chi connectivity index (χ0) is 18.3. The van der Waals surface area contributed by atoms with Crippen LogP contribution in [-0.2, 0) is 27.3 Å². The van der Waals surface area contributed by atoms with E-state index in [9.17, 15) is 14.7 Å². The molecule has 2 fully saturated rings. The Labute approximate surface area is 151 Å². The first-order chi connectivity index (χ1) is 12.5. The smallest absolute Gasteiger partial charge is 0.314 e. The number of likely N-dealkylation sites (tertiary alicyclic amines) is 1. The minimum absolute atomic E-state index is 0.000130. The lowest BCUT2D eigenvalue weighted by Gasteiger charge is -2.22. The van der Waals surface area contributed by atoms with Gasteiger partial charge in [0.1, 0.15) is 11.2 Å². The van der Waals surface area contributed by atoms with Gasteiger partial charge in [-0.2, -0.15) is 0 Å². The number of carbonyl (C=O) groups is 2. The lowest BCUT2D eigenvalue weighted by atomic mass is 9.81. The highest BCUT2D eigenvalue weighted by Crippen LogP contribution is 2.41. The molecule has 1 aromatic heterocycles. The van der Waals surface area contributed by atoms with E-state index in [1.807, 2.05) is 24.3 Å². The molecule has 0 aliphatic carbocycles. The van der Waals surface area contributed by atoms with Crippen molar-refractivity contribution in [2.24, 2.45) is 11.3 Å². The molecule has 2 saturated heterocycles. The van der Waals surface area contributed by atoms with E-state index in [4.69, 9.17) is 4.74 Å². The fourth-order valence-corrected chi connectivity index (χ4v) is 4.24. The van der Waals surface area contributed by atoms with Crippen LogP contribution in [0.3, 0.4) is 0 Å². The quantitative estimate of drug-likeness (QED) is 0.878. The third-order valence-corrected chi connectivity index (χ3v) is 5.75. The Morgan fingerprint density at radius 3 is 2.92 bits per heavy atom. The number of hydrogen-bond donors (Lipinski definition) is 1. The van der Waals surface area contributed by atoms with Gasteiger partial charge in [0.15, 0.2) is 0 Å². The van der Waals surface area contributed by atoms with Crippen molar-refractivity contribution in [1.29, 1.82) is 0 Å². The molecule has 0 saturated carbocycles. The fraction of sp³-hybridized carbons (Fsp3) is 0.526. The van der Waals surface area contributed by atoms with Gasteiger partial charge in [-0.3, -0.25) is 9.59 Å². The average Bonchev–Trinajstić information content (AvgIpc) is 3.29. The van der Waals surface area contributed by atoms with E-state index < -0.39 is 11.4 Å². The summed E-state index contributed by atoms with van der Waals surface area (Å²) in [5, 5.41) is 9.61. The summed E-state index contributed by atoms with van der Waals surface area (Å²) in [5.41, 5.74) is 1.05. The van der Waals surface area contributed by atoms with Gasteiger partial charge in [-0.1, -0.05) is 19.1 Å². The number of fused-ring (bicyclic) bond motifs is 2. The molecule has 0 bridgehead atoms. The highest BCUT2D eigenvalue weighted by atomic mass is 16.5. The van der Waals surface area contributed by atoms with Crippen molar-refractivity contribution in [3.05, 3.63) is 30.1 Å². The molecule has 4 rings (SSSR count). The fourth-order valence-electron chi connectivity index (χ4n) is 4.24. The van der Waals surface area contributed by atoms with Gasteiger partial charge in [0.2, 0.25) is 5.91 Å². The van der Waals surface area contributed by atoms with Crippen LogP contribution < -0.4 is 0 Å². The molecule has 2 aromatic rings. The summed E-state index contributed by atoms with van der Waals surface area (Å²) < 4.78 is 7.47. The Bertz CT molecular complexity index is 862. The minimum atomic E-state index is -0.925. The molecule has 7 nitrogen and oxygen atoms in total. The van der Waals surface area contributed by atoms with Gasteiger partial charge in [0.05, 0.1) is 24.2 Å². The number of para-hydroxylation sites is 2. The first kappa shape index (κ1) is 17.0. The maximum Gasteiger partial charge on any atom is 0.314 e. The molecule has 7 heteroatoms. The number of aromatic nitrogens is 2. The second kappa shape index (κ2) is 6.39. The van der Waals surface area contributed by atoms with Gasteiger partial charge in [-0.05, 0) is 12.1 Å². The van der Waals surface area contributed by atoms with Crippen molar-refractivity contribution in [1.82, 2.24) is 14.5 Å². The summed E-state index contributed by atoms with van der Waals surface area (Å²) in [6.45, 7) is 3.94. The normalized spacial score (nSPS) is 25.0. The number of benzene rings is 1.